The molecule has 1 saturated carbocycles. The second-order valence-corrected chi connectivity index (χ2v) is 7.03. The first-order chi connectivity index (χ1) is 12.4. The van der Waals surface area contributed by atoms with Gasteiger partial charge in [0.1, 0.15) is 12.1 Å². The molecule has 2 aliphatic rings. The second kappa shape index (κ2) is 9.51. The number of amides is 2. The van der Waals surface area contributed by atoms with Gasteiger partial charge in [-0.3, -0.25) is 14.4 Å². The first kappa shape index (κ1) is 20.2. The molecule has 1 heterocycles. The van der Waals surface area contributed by atoms with E-state index in [1.165, 1.54) is 0 Å². The third-order valence-corrected chi connectivity index (χ3v) is 5.07. The quantitative estimate of drug-likeness (QED) is 0.400. The van der Waals surface area contributed by atoms with Crippen molar-refractivity contribution in [2.75, 3.05) is 6.54 Å². The molecule has 1 aliphatic heterocycles. The van der Waals surface area contributed by atoms with E-state index in [1.807, 2.05) is 0 Å². The van der Waals surface area contributed by atoms with Gasteiger partial charge in [0.2, 0.25) is 11.8 Å². The molecule has 26 heavy (non-hydrogen) atoms. The molecule has 2 amide bonds. The van der Waals surface area contributed by atoms with Gasteiger partial charge in [-0.1, -0.05) is 19.3 Å². The van der Waals surface area contributed by atoms with Crippen molar-refractivity contribution < 1.29 is 29.4 Å². The molecule has 0 aromatic heterocycles. The Morgan fingerprint density at radius 1 is 0.962 bits per heavy atom. The Bertz CT molecular complexity index is 541. The van der Waals surface area contributed by atoms with Crippen LogP contribution in [-0.4, -0.2) is 58.6 Å². The molecule has 0 aromatic rings. The van der Waals surface area contributed by atoms with Crippen LogP contribution in [0.2, 0.25) is 0 Å². The van der Waals surface area contributed by atoms with E-state index in [9.17, 15) is 24.3 Å². The Morgan fingerprint density at radius 2 is 1.65 bits per heavy atom. The SMILES string of the molecule is O=C(O)C[C@H](NC(=O)[C@@H]1CCCN1)C(=O)N[C@H](C(=O)O)C1CCCCC1. The van der Waals surface area contributed by atoms with Crippen molar-refractivity contribution >= 4 is 23.8 Å². The summed E-state index contributed by atoms with van der Waals surface area (Å²) in [5.74, 6) is -3.76. The number of carbonyl (C=O) groups excluding carboxylic acids is 2. The monoisotopic (exact) mass is 369 g/mol. The minimum absolute atomic E-state index is 0.178. The van der Waals surface area contributed by atoms with Gasteiger partial charge in [-0.25, -0.2) is 4.79 Å². The number of nitrogens with one attached hydrogen (secondary N) is 3. The molecule has 9 heteroatoms. The number of aliphatic carboxylic acids is 2. The Hall–Kier alpha value is -2.16. The molecular formula is C17H27N3O6. The van der Waals surface area contributed by atoms with E-state index in [-0.39, 0.29) is 5.92 Å². The maximum atomic E-state index is 12.5. The lowest BCUT2D eigenvalue weighted by Crippen LogP contribution is -2.56. The summed E-state index contributed by atoms with van der Waals surface area (Å²) in [6.45, 7) is 0.691. The summed E-state index contributed by atoms with van der Waals surface area (Å²) in [5.41, 5.74) is 0. The van der Waals surface area contributed by atoms with Crippen molar-refractivity contribution in [2.24, 2.45) is 5.92 Å². The van der Waals surface area contributed by atoms with Crippen molar-refractivity contribution in [3.8, 4) is 0 Å². The van der Waals surface area contributed by atoms with E-state index < -0.39 is 48.3 Å². The van der Waals surface area contributed by atoms with Crippen LogP contribution in [0.1, 0.15) is 51.4 Å². The topological polar surface area (TPSA) is 145 Å². The van der Waals surface area contributed by atoms with Gasteiger partial charge >= 0.3 is 11.9 Å². The largest absolute Gasteiger partial charge is 0.481 e. The normalized spacial score (nSPS) is 23.0. The third-order valence-electron chi connectivity index (χ3n) is 5.07. The van der Waals surface area contributed by atoms with Crippen LogP contribution in [0, 0.1) is 5.92 Å². The van der Waals surface area contributed by atoms with Gasteiger partial charge in [0.05, 0.1) is 12.5 Å². The molecule has 146 valence electrons. The van der Waals surface area contributed by atoms with E-state index >= 15 is 0 Å². The summed E-state index contributed by atoms with van der Waals surface area (Å²) in [4.78, 5) is 47.4. The zero-order valence-corrected chi connectivity index (χ0v) is 14.7. The van der Waals surface area contributed by atoms with Crippen molar-refractivity contribution in [2.45, 2.75) is 69.5 Å². The first-order valence-electron chi connectivity index (χ1n) is 9.17. The molecule has 1 saturated heterocycles. The van der Waals surface area contributed by atoms with E-state index in [2.05, 4.69) is 16.0 Å². The highest BCUT2D eigenvalue weighted by atomic mass is 16.4. The molecule has 2 rings (SSSR count). The number of carboxylic acid groups (broad SMARTS) is 2. The Balaban J connectivity index is 2.02. The Morgan fingerprint density at radius 3 is 2.19 bits per heavy atom. The van der Waals surface area contributed by atoms with E-state index in [4.69, 9.17) is 5.11 Å². The average molecular weight is 369 g/mol. The maximum absolute atomic E-state index is 12.5. The van der Waals surface area contributed by atoms with Crippen LogP contribution < -0.4 is 16.0 Å². The molecule has 2 fully saturated rings. The van der Waals surface area contributed by atoms with E-state index in [0.717, 1.165) is 25.7 Å². The minimum atomic E-state index is -1.30. The Kier molecular flexibility index (Phi) is 7.38. The minimum Gasteiger partial charge on any atom is -0.481 e. The van der Waals surface area contributed by atoms with Crippen molar-refractivity contribution in [1.82, 2.24) is 16.0 Å². The molecule has 9 nitrogen and oxygen atoms in total. The standard InChI is InChI=1S/C17H27N3O6/c21-13(22)9-12(19-15(23)11-7-4-8-18-11)16(24)20-14(17(25)26)10-5-2-1-3-6-10/h10-12,14,18H,1-9H2,(H,19,23)(H,20,24)(H,21,22)(H,25,26)/t11-,12-,14-/m0/s1. The summed E-state index contributed by atoms with van der Waals surface area (Å²) < 4.78 is 0. The molecule has 5 N–H and O–H groups in total. The highest BCUT2D eigenvalue weighted by Gasteiger charge is 2.34. The van der Waals surface area contributed by atoms with E-state index in [1.54, 1.807) is 0 Å². The van der Waals surface area contributed by atoms with Crippen molar-refractivity contribution in [1.29, 1.82) is 0 Å². The van der Waals surface area contributed by atoms with Crippen LogP contribution in [0.15, 0.2) is 0 Å². The molecule has 3 atom stereocenters. The number of carboxylic acids is 2. The fourth-order valence-corrected chi connectivity index (χ4v) is 3.67. The number of hydrogen-bond acceptors (Lipinski definition) is 5. The highest BCUT2D eigenvalue weighted by Crippen LogP contribution is 2.26. The van der Waals surface area contributed by atoms with Crippen LogP contribution in [-0.2, 0) is 19.2 Å². The molecule has 0 bridgehead atoms. The van der Waals surface area contributed by atoms with Gasteiger partial charge < -0.3 is 26.2 Å². The molecule has 0 unspecified atom stereocenters. The first-order valence-corrected chi connectivity index (χ1v) is 9.17. The van der Waals surface area contributed by atoms with Crippen LogP contribution in [0.3, 0.4) is 0 Å². The summed E-state index contributed by atoms with van der Waals surface area (Å²) in [6, 6.07) is -2.82. The second-order valence-electron chi connectivity index (χ2n) is 7.03. The predicted octanol–water partition coefficient (Wildman–Crippen LogP) is -0.152. The van der Waals surface area contributed by atoms with Gasteiger partial charge in [-0.2, -0.15) is 0 Å². The highest BCUT2D eigenvalue weighted by molar-refractivity contribution is 5.94. The number of hydrogen-bond donors (Lipinski definition) is 5. The zero-order chi connectivity index (χ0) is 19.1. The molecule has 0 spiro atoms. The summed E-state index contributed by atoms with van der Waals surface area (Å²) in [6.07, 6.45) is 5.13. The van der Waals surface area contributed by atoms with Crippen molar-refractivity contribution in [3.05, 3.63) is 0 Å². The van der Waals surface area contributed by atoms with Gasteiger partial charge in [-0.05, 0) is 38.1 Å². The lowest BCUT2D eigenvalue weighted by atomic mass is 9.83. The van der Waals surface area contributed by atoms with E-state index in [0.29, 0.717) is 25.8 Å². The summed E-state index contributed by atoms with van der Waals surface area (Å²) in [7, 11) is 0. The fraction of sp³-hybridized carbons (Fsp3) is 0.765. The average Bonchev–Trinajstić information content (AvgIpc) is 3.13. The van der Waals surface area contributed by atoms with Gasteiger partial charge in [0.15, 0.2) is 0 Å². The predicted molar refractivity (Wildman–Crippen MR) is 91.3 cm³/mol. The van der Waals surface area contributed by atoms with Crippen molar-refractivity contribution in [3.63, 3.8) is 0 Å². The van der Waals surface area contributed by atoms with Crippen LogP contribution in [0.5, 0.6) is 0 Å². The summed E-state index contributed by atoms with van der Waals surface area (Å²) >= 11 is 0. The lowest BCUT2D eigenvalue weighted by Gasteiger charge is -2.29. The van der Waals surface area contributed by atoms with Crippen LogP contribution >= 0.6 is 0 Å². The zero-order valence-electron chi connectivity index (χ0n) is 14.7. The molecule has 0 radical (unpaired) electrons. The van der Waals surface area contributed by atoms with Gasteiger partial charge in [0, 0.05) is 0 Å². The maximum Gasteiger partial charge on any atom is 0.326 e. The Labute approximate surface area is 151 Å². The van der Waals surface area contributed by atoms with Gasteiger partial charge in [0.25, 0.3) is 0 Å². The number of carbonyl (C=O) groups is 4. The number of rotatable bonds is 8. The molecular weight excluding hydrogens is 342 g/mol. The van der Waals surface area contributed by atoms with Crippen LogP contribution in [0.4, 0.5) is 0 Å². The molecule has 0 aromatic carbocycles. The molecule has 1 aliphatic carbocycles. The summed E-state index contributed by atoms with van der Waals surface area (Å²) in [5, 5.41) is 26.4. The smallest absolute Gasteiger partial charge is 0.326 e. The third kappa shape index (κ3) is 5.69. The fourth-order valence-electron chi connectivity index (χ4n) is 3.67. The lowest BCUT2D eigenvalue weighted by molar-refractivity contribution is -0.145. The van der Waals surface area contributed by atoms with Gasteiger partial charge in [-0.15, -0.1) is 0 Å². The van der Waals surface area contributed by atoms with Crippen LogP contribution in [0.25, 0.3) is 0 Å².